The van der Waals surface area contributed by atoms with Gasteiger partial charge in [-0.3, -0.25) is 14.6 Å². The standard InChI is InChI=1S/C27H29Cl2N5O3/c1-16-12-34(13-17(2)27(16,37)18-3-5-19(28)6-4-18)26(36)22-15-33(24-9-10-25(35)32-31-24)14-21(22)23-8-7-20(29)11-30-23/h3-11,16-17,21-22,37H,12-15H2,1-2H3,(H,32,35)/t16-,17+,21-,22+,27?/m0/s1. The van der Waals surface area contributed by atoms with E-state index in [1.165, 1.54) is 6.07 Å². The Morgan fingerprint density at radius 2 is 1.65 bits per heavy atom. The first-order valence-electron chi connectivity index (χ1n) is 12.4. The van der Waals surface area contributed by atoms with Crippen LogP contribution in [0.2, 0.25) is 10.0 Å². The molecule has 0 spiro atoms. The zero-order chi connectivity index (χ0) is 26.3. The molecule has 194 valence electrons. The maximum Gasteiger partial charge on any atom is 0.264 e. The highest BCUT2D eigenvalue weighted by Crippen LogP contribution is 2.43. The third-order valence-corrected chi connectivity index (χ3v) is 8.34. The van der Waals surface area contributed by atoms with Crippen LogP contribution in [-0.2, 0) is 10.4 Å². The van der Waals surface area contributed by atoms with E-state index in [1.54, 1.807) is 30.5 Å². The van der Waals surface area contributed by atoms with E-state index in [1.807, 2.05) is 41.8 Å². The van der Waals surface area contributed by atoms with Crippen LogP contribution in [0.3, 0.4) is 0 Å². The molecule has 0 saturated carbocycles. The molecule has 1 aromatic carbocycles. The van der Waals surface area contributed by atoms with E-state index in [2.05, 4.69) is 15.2 Å². The van der Waals surface area contributed by atoms with Gasteiger partial charge >= 0.3 is 0 Å². The Labute approximate surface area is 225 Å². The summed E-state index contributed by atoms with van der Waals surface area (Å²) in [6.45, 7) is 5.78. The summed E-state index contributed by atoms with van der Waals surface area (Å²) in [6.07, 6.45) is 1.59. The molecule has 2 aromatic heterocycles. The fourth-order valence-corrected chi connectivity index (χ4v) is 6.10. The minimum Gasteiger partial charge on any atom is -0.384 e. The summed E-state index contributed by atoms with van der Waals surface area (Å²) in [5.74, 6) is -0.305. The number of carbonyl (C=O) groups excluding carboxylic acids is 1. The van der Waals surface area contributed by atoms with E-state index >= 15 is 0 Å². The molecule has 8 nitrogen and oxygen atoms in total. The molecule has 0 bridgehead atoms. The lowest BCUT2D eigenvalue weighted by Crippen LogP contribution is -2.57. The van der Waals surface area contributed by atoms with Crippen molar-refractivity contribution in [1.29, 1.82) is 0 Å². The lowest BCUT2D eigenvalue weighted by atomic mass is 9.70. The maximum absolute atomic E-state index is 14.0. The highest BCUT2D eigenvalue weighted by molar-refractivity contribution is 6.30. The van der Waals surface area contributed by atoms with E-state index in [9.17, 15) is 14.7 Å². The van der Waals surface area contributed by atoms with Crippen LogP contribution in [0.15, 0.2) is 59.5 Å². The number of piperidine rings is 1. The molecule has 10 heteroatoms. The molecule has 1 amide bonds. The monoisotopic (exact) mass is 541 g/mol. The summed E-state index contributed by atoms with van der Waals surface area (Å²) in [4.78, 5) is 33.9. The molecule has 2 fully saturated rings. The fourth-order valence-electron chi connectivity index (χ4n) is 5.86. The summed E-state index contributed by atoms with van der Waals surface area (Å²) in [6, 6.07) is 14.0. The summed E-state index contributed by atoms with van der Waals surface area (Å²) >= 11 is 12.1. The van der Waals surface area contributed by atoms with Crippen LogP contribution in [0.5, 0.6) is 0 Å². The van der Waals surface area contributed by atoms with Gasteiger partial charge in [0.05, 0.1) is 16.5 Å². The van der Waals surface area contributed by atoms with Crippen molar-refractivity contribution in [2.75, 3.05) is 31.1 Å². The number of aromatic amines is 1. The van der Waals surface area contributed by atoms with Gasteiger partial charge in [-0.15, -0.1) is 0 Å². The van der Waals surface area contributed by atoms with Crippen LogP contribution in [0.25, 0.3) is 0 Å². The first-order valence-corrected chi connectivity index (χ1v) is 13.1. The van der Waals surface area contributed by atoms with Crippen molar-refractivity contribution >= 4 is 34.9 Å². The average Bonchev–Trinajstić information content (AvgIpc) is 3.33. The van der Waals surface area contributed by atoms with Crippen molar-refractivity contribution in [2.24, 2.45) is 17.8 Å². The first-order chi connectivity index (χ1) is 17.7. The second-order valence-corrected chi connectivity index (χ2v) is 11.0. The molecule has 0 radical (unpaired) electrons. The Morgan fingerprint density at radius 1 is 0.973 bits per heavy atom. The highest BCUT2D eigenvalue weighted by atomic mass is 35.5. The largest absolute Gasteiger partial charge is 0.384 e. The van der Waals surface area contributed by atoms with Crippen molar-refractivity contribution in [2.45, 2.75) is 25.4 Å². The van der Waals surface area contributed by atoms with Crippen LogP contribution in [0.4, 0.5) is 5.82 Å². The number of nitrogens with zero attached hydrogens (tertiary/aromatic N) is 4. The van der Waals surface area contributed by atoms with Crippen molar-refractivity contribution in [3.8, 4) is 0 Å². The lowest BCUT2D eigenvalue weighted by Gasteiger charge is -2.48. The number of H-pyrrole nitrogens is 1. The molecule has 1 unspecified atom stereocenters. The van der Waals surface area contributed by atoms with E-state index in [0.29, 0.717) is 42.0 Å². The molecule has 37 heavy (non-hydrogen) atoms. The van der Waals surface area contributed by atoms with E-state index in [0.717, 1.165) is 11.3 Å². The Morgan fingerprint density at radius 3 is 2.24 bits per heavy atom. The van der Waals surface area contributed by atoms with Gasteiger partial charge in [0.1, 0.15) is 5.82 Å². The van der Waals surface area contributed by atoms with Crippen molar-refractivity contribution in [3.05, 3.63) is 86.4 Å². The van der Waals surface area contributed by atoms with Crippen LogP contribution >= 0.6 is 23.2 Å². The van der Waals surface area contributed by atoms with Crippen molar-refractivity contribution in [3.63, 3.8) is 0 Å². The molecular weight excluding hydrogens is 513 g/mol. The van der Waals surface area contributed by atoms with E-state index < -0.39 is 5.60 Å². The van der Waals surface area contributed by atoms with Crippen molar-refractivity contribution < 1.29 is 9.90 Å². The highest BCUT2D eigenvalue weighted by Gasteiger charge is 2.49. The van der Waals surface area contributed by atoms with Crippen LogP contribution in [0.1, 0.15) is 31.0 Å². The van der Waals surface area contributed by atoms with Gasteiger partial charge in [-0.05, 0) is 35.9 Å². The number of nitrogens with one attached hydrogen (secondary N) is 1. The molecule has 0 aliphatic carbocycles. The molecule has 4 heterocycles. The van der Waals surface area contributed by atoms with Gasteiger partial charge < -0.3 is 14.9 Å². The minimum absolute atomic E-state index is 0.0190. The molecule has 2 saturated heterocycles. The molecule has 5 atom stereocenters. The van der Waals surface area contributed by atoms with Crippen LogP contribution < -0.4 is 10.5 Å². The molecule has 2 N–H and O–H groups in total. The third-order valence-electron chi connectivity index (χ3n) is 7.87. The number of carbonyl (C=O) groups is 1. The maximum atomic E-state index is 14.0. The number of anilines is 1. The van der Waals surface area contributed by atoms with Gasteiger partial charge in [0.15, 0.2) is 0 Å². The predicted octanol–water partition coefficient (Wildman–Crippen LogP) is 3.69. The van der Waals surface area contributed by atoms with Gasteiger partial charge in [0.25, 0.3) is 5.56 Å². The molecule has 5 rings (SSSR count). The number of benzene rings is 1. The second kappa shape index (κ2) is 10.1. The average molecular weight is 542 g/mol. The quantitative estimate of drug-likeness (QED) is 0.522. The summed E-state index contributed by atoms with van der Waals surface area (Å²) in [7, 11) is 0. The Kier molecular flexibility index (Phi) is 7.00. The Balaban J connectivity index is 1.41. The lowest BCUT2D eigenvalue weighted by molar-refractivity contribution is -0.152. The number of hydrogen-bond donors (Lipinski definition) is 2. The Hall–Kier alpha value is -2.94. The molecular formula is C27H29Cl2N5O3. The number of rotatable bonds is 4. The second-order valence-electron chi connectivity index (χ2n) is 10.2. The minimum atomic E-state index is -1.07. The zero-order valence-electron chi connectivity index (χ0n) is 20.6. The topological polar surface area (TPSA) is 102 Å². The number of hydrogen-bond acceptors (Lipinski definition) is 6. The van der Waals surface area contributed by atoms with Crippen LogP contribution in [0, 0.1) is 17.8 Å². The zero-order valence-corrected chi connectivity index (χ0v) is 22.2. The number of aromatic nitrogens is 3. The molecule has 2 aliphatic heterocycles. The normalized spacial score (nSPS) is 27.9. The first kappa shape index (κ1) is 25.7. The Bertz CT molecular complexity index is 1300. The number of aliphatic hydroxyl groups is 1. The number of likely N-dealkylation sites (tertiary alicyclic amines) is 1. The predicted molar refractivity (Wildman–Crippen MR) is 143 cm³/mol. The van der Waals surface area contributed by atoms with Gasteiger partial charge in [-0.25, -0.2) is 5.10 Å². The van der Waals surface area contributed by atoms with E-state index in [-0.39, 0.29) is 35.1 Å². The van der Waals surface area contributed by atoms with E-state index in [4.69, 9.17) is 23.2 Å². The van der Waals surface area contributed by atoms with Gasteiger partial charge in [0.2, 0.25) is 5.91 Å². The molecule has 2 aliphatic rings. The van der Waals surface area contributed by atoms with Crippen LogP contribution in [-0.4, -0.2) is 57.3 Å². The summed E-state index contributed by atoms with van der Waals surface area (Å²) in [5.41, 5.74) is 0.241. The SMILES string of the molecule is C[C@@H]1CN(C(=O)[C@@H]2CN(c3ccc(=O)[nH]n3)C[C@@H]2c2ccc(Cl)cn2)C[C@H](C)C1(O)c1ccc(Cl)cc1. The van der Waals surface area contributed by atoms with Crippen molar-refractivity contribution in [1.82, 2.24) is 20.1 Å². The molecule has 3 aromatic rings. The summed E-state index contributed by atoms with van der Waals surface area (Å²) < 4.78 is 0. The third kappa shape index (κ3) is 4.85. The number of halogens is 2. The van der Waals surface area contributed by atoms with Gasteiger partial charge in [-0.2, -0.15) is 5.10 Å². The fraction of sp³-hybridized carbons (Fsp3) is 0.407. The smallest absolute Gasteiger partial charge is 0.264 e. The van der Waals surface area contributed by atoms with Gasteiger partial charge in [-0.1, -0.05) is 49.2 Å². The number of pyridine rings is 1. The summed E-state index contributed by atoms with van der Waals surface area (Å²) in [5, 5.41) is 19.5. The number of amides is 1. The van der Waals surface area contributed by atoms with Gasteiger partial charge in [0, 0.05) is 66.9 Å².